The van der Waals surface area contributed by atoms with Gasteiger partial charge in [0.05, 0.1) is 16.2 Å². The Bertz CT molecular complexity index is 387. The van der Waals surface area contributed by atoms with E-state index in [0.717, 1.165) is 38.5 Å². The molecule has 2 unspecified atom stereocenters. The molecule has 0 saturated carbocycles. The summed E-state index contributed by atoms with van der Waals surface area (Å²) in [5.41, 5.74) is 0. The summed E-state index contributed by atoms with van der Waals surface area (Å²) in [5, 5.41) is 9.22. The third-order valence-electron chi connectivity index (χ3n) is 5.00. The van der Waals surface area contributed by atoms with E-state index in [-0.39, 0.29) is 51.4 Å². The summed E-state index contributed by atoms with van der Waals surface area (Å²) in [6.45, 7) is 4.28. The quantitative estimate of drug-likeness (QED) is 0.212. The normalized spacial score (nSPS) is 14.0. The molecule has 0 aromatic rings. The van der Waals surface area contributed by atoms with Gasteiger partial charge in [0, 0.05) is 5.25 Å². The molecule has 0 rings (SSSR count). The Kier molecular flexibility index (Phi) is 22.6. The second-order valence-corrected chi connectivity index (χ2v) is 9.11. The smallest absolute Gasteiger partial charge is 0.748 e. The van der Waals surface area contributed by atoms with E-state index in [9.17, 15) is 18.1 Å². The van der Waals surface area contributed by atoms with Gasteiger partial charge >= 0.3 is 51.4 Å². The zero-order valence-electron chi connectivity index (χ0n) is 17.5. The molecule has 0 amide bonds. The molecular weight excluding hydrogens is 375 g/mol. The summed E-state index contributed by atoms with van der Waals surface area (Å²) in [5.74, 6) is 0. The molecule has 0 radical (unpaired) electrons. The van der Waals surface area contributed by atoms with Gasteiger partial charge in [-0.3, -0.25) is 0 Å². The van der Waals surface area contributed by atoms with Crippen molar-refractivity contribution in [2.24, 2.45) is 0 Å². The molecule has 0 aromatic heterocycles. The Morgan fingerprint density at radius 3 is 1.62 bits per heavy atom. The van der Waals surface area contributed by atoms with E-state index in [0.29, 0.717) is 19.3 Å². The maximum Gasteiger partial charge on any atom is 1.00 e. The minimum Gasteiger partial charge on any atom is -0.748 e. The molecule has 2 atom stereocenters. The van der Waals surface area contributed by atoms with Crippen LogP contribution in [0.15, 0.2) is 0 Å². The summed E-state index contributed by atoms with van der Waals surface area (Å²) < 4.78 is 34.0. The number of aliphatic hydroxyl groups is 1. The van der Waals surface area contributed by atoms with Crippen molar-refractivity contribution < 1.29 is 69.5 Å². The van der Waals surface area contributed by atoms with E-state index in [1.165, 1.54) is 44.9 Å². The van der Waals surface area contributed by atoms with Crippen LogP contribution in [0.2, 0.25) is 0 Å². The molecule has 0 aromatic carbocycles. The fourth-order valence-electron chi connectivity index (χ4n) is 3.27. The van der Waals surface area contributed by atoms with E-state index >= 15 is 0 Å². The number of hydrogen-bond donors (Lipinski definition) is 1. The topological polar surface area (TPSA) is 77.4 Å². The summed E-state index contributed by atoms with van der Waals surface area (Å²) in [4.78, 5) is 0. The monoisotopic (exact) mass is 416 g/mol. The van der Waals surface area contributed by atoms with Crippen LogP contribution in [-0.2, 0) is 10.1 Å². The third kappa shape index (κ3) is 18.9. The zero-order chi connectivity index (χ0) is 19.0. The third-order valence-corrected chi connectivity index (χ3v) is 6.29. The Hall–Kier alpha value is 1.51. The van der Waals surface area contributed by atoms with Gasteiger partial charge in [-0.2, -0.15) is 0 Å². The van der Waals surface area contributed by atoms with Crippen molar-refractivity contribution in [3.8, 4) is 0 Å². The largest absolute Gasteiger partial charge is 1.00 e. The van der Waals surface area contributed by atoms with E-state index in [1.54, 1.807) is 0 Å². The average molecular weight is 417 g/mol. The standard InChI is InChI=1S/C20H42O4S.K/c1-3-5-7-8-9-10-11-12-14-15-19(21)17-18-20(25(22,23)24)16-13-6-4-2;/h19-21H,3-18H2,1-2H3,(H,22,23,24);/q;+1/p-1. The predicted molar refractivity (Wildman–Crippen MR) is 105 cm³/mol. The van der Waals surface area contributed by atoms with Gasteiger partial charge in [0.1, 0.15) is 0 Å². The minimum atomic E-state index is -4.24. The Morgan fingerprint density at radius 2 is 1.12 bits per heavy atom. The van der Waals surface area contributed by atoms with E-state index in [4.69, 9.17) is 0 Å². The van der Waals surface area contributed by atoms with Crippen LogP contribution in [-0.4, -0.2) is 29.4 Å². The van der Waals surface area contributed by atoms with Crippen molar-refractivity contribution in [3.63, 3.8) is 0 Å². The van der Waals surface area contributed by atoms with Gasteiger partial charge < -0.3 is 9.66 Å². The molecule has 1 N–H and O–H groups in total. The van der Waals surface area contributed by atoms with Crippen LogP contribution in [0.1, 0.15) is 117 Å². The molecular formula is C20H41KO4S. The second kappa shape index (κ2) is 19.8. The molecule has 0 aliphatic carbocycles. The SMILES string of the molecule is CCCCCCCCCCCC(O)CCC(CCCCC)S(=O)(=O)[O-].[K+]. The van der Waals surface area contributed by atoms with Crippen LogP contribution in [0, 0.1) is 0 Å². The first kappa shape index (κ1) is 29.7. The average Bonchev–Trinajstić information content (AvgIpc) is 2.55. The van der Waals surface area contributed by atoms with Gasteiger partial charge in [-0.25, -0.2) is 8.42 Å². The molecule has 0 bridgehead atoms. The van der Waals surface area contributed by atoms with Gasteiger partial charge in [0.15, 0.2) is 0 Å². The zero-order valence-corrected chi connectivity index (χ0v) is 21.5. The van der Waals surface area contributed by atoms with Crippen molar-refractivity contribution in [1.82, 2.24) is 0 Å². The van der Waals surface area contributed by atoms with Crippen LogP contribution in [0.5, 0.6) is 0 Å². The van der Waals surface area contributed by atoms with E-state index in [1.807, 2.05) is 0 Å². The van der Waals surface area contributed by atoms with Crippen LogP contribution < -0.4 is 51.4 Å². The van der Waals surface area contributed by atoms with Crippen molar-refractivity contribution in [3.05, 3.63) is 0 Å². The van der Waals surface area contributed by atoms with Gasteiger partial charge in [-0.15, -0.1) is 0 Å². The number of hydrogen-bond acceptors (Lipinski definition) is 4. The van der Waals surface area contributed by atoms with Crippen LogP contribution >= 0.6 is 0 Å². The van der Waals surface area contributed by atoms with Crippen LogP contribution in [0.4, 0.5) is 0 Å². The number of rotatable bonds is 18. The minimum absolute atomic E-state index is 0. The first-order valence-electron chi connectivity index (χ1n) is 10.5. The van der Waals surface area contributed by atoms with Crippen molar-refractivity contribution in [2.45, 2.75) is 128 Å². The molecule has 0 spiro atoms. The maximum absolute atomic E-state index is 11.3. The molecule has 26 heavy (non-hydrogen) atoms. The van der Waals surface area contributed by atoms with Gasteiger partial charge in [0.25, 0.3) is 0 Å². The molecule has 0 fully saturated rings. The Balaban J connectivity index is 0. The molecule has 4 nitrogen and oxygen atoms in total. The van der Waals surface area contributed by atoms with Gasteiger partial charge in [0.2, 0.25) is 0 Å². The first-order valence-corrected chi connectivity index (χ1v) is 12.0. The van der Waals surface area contributed by atoms with E-state index < -0.39 is 21.5 Å². The van der Waals surface area contributed by atoms with Crippen molar-refractivity contribution in [2.75, 3.05) is 0 Å². The molecule has 152 valence electrons. The summed E-state index contributed by atoms with van der Waals surface area (Å²) in [7, 11) is -4.24. The van der Waals surface area contributed by atoms with Gasteiger partial charge in [-0.1, -0.05) is 90.9 Å². The maximum atomic E-state index is 11.3. The molecule has 0 aliphatic heterocycles. The van der Waals surface area contributed by atoms with Gasteiger partial charge in [-0.05, 0) is 25.7 Å². The number of unbranched alkanes of at least 4 members (excludes halogenated alkanes) is 10. The van der Waals surface area contributed by atoms with Crippen LogP contribution in [0.3, 0.4) is 0 Å². The molecule has 0 saturated heterocycles. The fraction of sp³-hybridized carbons (Fsp3) is 1.00. The molecule has 0 aliphatic rings. The molecule has 6 heteroatoms. The van der Waals surface area contributed by atoms with Crippen molar-refractivity contribution >= 4 is 10.1 Å². The van der Waals surface area contributed by atoms with Crippen LogP contribution in [0.25, 0.3) is 0 Å². The first-order chi connectivity index (χ1) is 11.9. The summed E-state index contributed by atoms with van der Waals surface area (Å²) in [6.07, 6.45) is 15.4. The molecule has 0 heterocycles. The predicted octanol–water partition coefficient (Wildman–Crippen LogP) is 2.55. The summed E-state index contributed by atoms with van der Waals surface area (Å²) in [6, 6.07) is 0. The van der Waals surface area contributed by atoms with E-state index in [2.05, 4.69) is 13.8 Å². The summed E-state index contributed by atoms with van der Waals surface area (Å²) >= 11 is 0. The second-order valence-electron chi connectivity index (χ2n) is 7.46. The van der Waals surface area contributed by atoms with Crippen molar-refractivity contribution in [1.29, 1.82) is 0 Å². The Labute approximate surface area is 205 Å². The fourth-order valence-corrected chi connectivity index (χ4v) is 4.15. The Morgan fingerprint density at radius 1 is 0.692 bits per heavy atom. The number of aliphatic hydroxyl groups excluding tert-OH is 1.